The highest BCUT2D eigenvalue weighted by Crippen LogP contribution is 2.51. The van der Waals surface area contributed by atoms with E-state index in [1.54, 1.807) is 0 Å². The van der Waals surface area contributed by atoms with Gasteiger partial charge >= 0.3 is 0 Å². The second kappa shape index (κ2) is 5.07. The maximum atomic E-state index is 10.7. The molecule has 1 N–H and O–H groups in total. The number of benzene rings is 1. The second-order valence-corrected chi connectivity index (χ2v) is 6.97. The van der Waals surface area contributed by atoms with Crippen LogP contribution in [0, 0.1) is 17.8 Å². The van der Waals surface area contributed by atoms with Crippen LogP contribution in [0.15, 0.2) is 18.2 Å². The first-order chi connectivity index (χ1) is 9.81. The maximum Gasteiger partial charge on any atom is 0.128 e. The van der Waals surface area contributed by atoms with E-state index < -0.39 is 0 Å². The summed E-state index contributed by atoms with van der Waals surface area (Å²) in [6.45, 7) is 0.796. The standard InChI is InChI=1S/C18H24O2/c19-17(11-15-10-12-6-7-14(15)9-12)16-5-1-3-13-4-2-8-20-18(13)16/h1,3,5,12,14-15,17,19H,2,4,6-11H2. The van der Waals surface area contributed by atoms with Gasteiger partial charge in [0, 0.05) is 5.56 Å². The molecule has 4 atom stereocenters. The Bertz CT molecular complexity index is 496. The van der Waals surface area contributed by atoms with Crippen molar-refractivity contribution in [3.63, 3.8) is 0 Å². The molecular formula is C18H24O2. The molecule has 2 fully saturated rings. The Kier molecular flexibility index (Phi) is 3.22. The Morgan fingerprint density at radius 3 is 3.00 bits per heavy atom. The summed E-state index contributed by atoms with van der Waals surface area (Å²) >= 11 is 0. The lowest BCUT2D eigenvalue weighted by molar-refractivity contribution is 0.120. The van der Waals surface area contributed by atoms with Gasteiger partial charge in [-0.2, -0.15) is 0 Å². The number of aliphatic hydroxyl groups is 1. The van der Waals surface area contributed by atoms with Crippen molar-refractivity contribution in [3.8, 4) is 5.75 Å². The van der Waals surface area contributed by atoms with E-state index in [1.165, 1.54) is 31.2 Å². The molecule has 3 aliphatic rings. The van der Waals surface area contributed by atoms with Gasteiger partial charge in [-0.3, -0.25) is 0 Å². The number of aliphatic hydroxyl groups excluding tert-OH is 1. The first-order valence-corrected chi connectivity index (χ1v) is 8.24. The van der Waals surface area contributed by atoms with Crippen LogP contribution in [0.25, 0.3) is 0 Å². The van der Waals surface area contributed by atoms with Crippen molar-refractivity contribution in [1.29, 1.82) is 0 Å². The molecule has 0 radical (unpaired) electrons. The highest BCUT2D eigenvalue weighted by Gasteiger charge is 2.40. The third-order valence-electron chi connectivity index (χ3n) is 5.73. The molecule has 2 saturated carbocycles. The summed E-state index contributed by atoms with van der Waals surface area (Å²) in [6.07, 6.45) is 8.36. The van der Waals surface area contributed by atoms with Gasteiger partial charge in [0.1, 0.15) is 5.75 Å². The first kappa shape index (κ1) is 12.7. The van der Waals surface area contributed by atoms with Gasteiger partial charge in [-0.15, -0.1) is 0 Å². The van der Waals surface area contributed by atoms with Crippen LogP contribution in [0.3, 0.4) is 0 Å². The third-order valence-corrected chi connectivity index (χ3v) is 5.73. The lowest BCUT2D eigenvalue weighted by Crippen LogP contribution is -2.16. The van der Waals surface area contributed by atoms with Crippen molar-refractivity contribution < 1.29 is 9.84 Å². The molecule has 1 aromatic carbocycles. The van der Waals surface area contributed by atoms with Crippen molar-refractivity contribution >= 4 is 0 Å². The van der Waals surface area contributed by atoms with Gasteiger partial charge in [0.25, 0.3) is 0 Å². The zero-order valence-electron chi connectivity index (χ0n) is 12.1. The van der Waals surface area contributed by atoms with Crippen LogP contribution in [0.5, 0.6) is 5.75 Å². The fourth-order valence-corrected chi connectivity index (χ4v) is 4.76. The summed E-state index contributed by atoms with van der Waals surface area (Å²) in [4.78, 5) is 0. The minimum absolute atomic E-state index is 0.340. The second-order valence-electron chi connectivity index (χ2n) is 6.97. The monoisotopic (exact) mass is 272 g/mol. The Morgan fingerprint density at radius 1 is 1.25 bits per heavy atom. The van der Waals surface area contributed by atoms with E-state index in [4.69, 9.17) is 4.74 Å². The van der Waals surface area contributed by atoms with Gasteiger partial charge in [-0.05, 0) is 61.8 Å². The Balaban J connectivity index is 1.52. The SMILES string of the molecule is OC(CC1CC2CCC1C2)c1cccc2c1OCCC2. The molecule has 108 valence electrons. The predicted octanol–water partition coefficient (Wildman–Crippen LogP) is 3.87. The molecule has 0 saturated heterocycles. The van der Waals surface area contributed by atoms with E-state index in [-0.39, 0.29) is 6.10 Å². The minimum atomic E-state index is -0.340. The highest BCUT2D eigenvalue weighted by molar-refractivity contribution is 5.44. The third kappa shape index (κ3) is 2.14. The summed E-state index contributed by atoms with van der Waals surface area (Å²) in [7, 11) is 0. The number of hydrogen-bond acceptors (Lipinski definition) is 2. The van der Waals surface area contributed by atoms with Crippen LogP contribution >= 0.6 is 0 Å². The van der Waals surface area contributed by atoms with Crippen LogP contribution in [-0.2, 0) is 6.42 Å². The molecule has 4 rings (SSSR count). The summed E-state index contributed by atoms with van der Waals surface area (Å²) < 4.78 is 5.84. The van der Waals surface area contributed by atoms with Gasteiger partial charge in [0.15, 0.2) is 0 Å². The molecule has 2 nitrogen and oxygen atoms in total. The smallest absolute Gasteiger partial charge is 0.128 e. The molecule has 1 aromatic rings. The number of rotatable bonds is 3. The van der Waals surface area contributed by atoms with Crippen LogP contribution in [-0.4, -0.2) is 11.7 Å². The number of aryl methyl sites for hydroxylation is 1. The fourth-order valence-electron chi connectivity index (χ4n) is 4.76. The molecular weight excluding hydrogens is 248 g/mol. The number of para-hydroxylation sites is 1. The van der Waals surface area contributed by atoms with Gasteiger partial charge < -0.3 is 9.84 Å². The molecule has 2 bridgehead atoms. The average molecular weight is 272 g/mol. The van der Waals surface area contributed by atoms with E-state index >= 15 is 0 Å². The zero-order valence-corrected chi connectivity index (χ0v) is 12.1. The lowest BCUT2D eigenvalue weighted by atomic mass is 9.83. The molecule has 1 heterocycles. The van der Waals surface area contributed by atoms with Crippen molar-refractivity contribution in [2.24, 2.45) is 17.8 Å². The summed E-state index contributed by atoms with van der Waals surface area (Å²) in [5.74, 6) is 3.56. The van der Waals surface area contributed by atoms with Gasteiger partial charge in [0.05, 0.1) is 12.7 Å². The molecule has 2 heteroatoms. The van der Waals surface area contributed by atoms with Crippen molar-refractivity contribution in [3.05, 3.63) is 29.3 Å². The topological polar surface area (TPSA) is 29.5 Å². The summed E-state index contributed by atoms with van der Waals surface area (Å²) in [5, 5.41) is 10.7. The fraction of sp³-hybridized carbons (Fsp3) is 0.667. The van der Waals surface area contributed by atoms with Crippen LogP contribution in [0.1, 0.15) is 55.8 Å². The van der Waals surface area contributed by atoms with Gasteiger partial charge in [-0.1, -0.05) is 24.6 Å². The predicted molar refractivity (Wildman–Crippen MR) is 78.8 cm³/mol. The maximum absolute atomic E-state index is 10.7. The van der Waals surface area contributed by atoms with E-state index in [1.807, 2.05) is 0 Å². The van der Waals surface area contributed by atoms with Crippen LogP contribution < -0.4 is 4.74 Å². The molecule has 1 aliphatic heterocycles. The Morgan fingerprint density at radius 2 is 2.20 bits per heavy atom. The van der Waals surface area contributed by atoms with Crippen LogP contribution in [0.2, 0.25) is 0 Å². The van der Waals surface area contributed by atoms with Crippen molar-refractivity contribution in [2.45, 2.75) is 51.0 Å². The molecule has 0 amide bonds. The lowest BCUT2D eigenvalue weighted by Gasteiger charge is -2.27. The molecule has 20 heavy (non-hydrogen) atoms. The molecule has 0 spiro atoms. The Hall–Kier alpha value is -1.02. The van der Waals surface area contributed by atoms with Gasteiger partial charge in [-0.25, -0.2) is 0 Å². The summed E-state index contributed by atoms with van der Waals surface area (Å²) in [6, 6.07) is 6.27. The van der Waals surface area contributed by atoms with E-state index in [9.17, 15) is 5.11 Å². The largest absolute Gasteiger partial charge is 0.493 e. The first-order valence-electron chi connectivity index (χ1n) is 8.24. The van der Waals surface area contributed by atoms with Crippen LogP contribution in [0.4, 0.5) is 0 Å². The van der Waals surface area contributed by atoms with E-state index in [0.717, 1.165) is 54.9 Å². The normalized spacial score (nSPS) is 32.8. The van der Waals surface area contributed by atoms with Crippen molar-refractivity contribution in [2.75, 3.05) is 6.61 Å². The average Bonchev–Trinajstić information content (AvgIpc) is 3.09. The number of hydrogen-bond donors (Lipinski definition) is 1. The molecule has 4 unspecified atom stereocenters. The number of ether oxygens (including phenoxy) is 1. The minimum Gasteiger partial charge on any atom is -0.493 e. The molecule has 0 aromatic heterocycles. The van der Waals surface area contributed by atoms with Gasteiger partial charge in [0.2, 0.25) is 0 Å². The highest BCUT2D eigenvalue weighted by atomic mass is 16.5. The van der Waals surface area contributed by atoms with Crippen molar-refractivity contribution in [1.82, 2.24) is 0 Å². The Labute approximate surface area is 121 Å². The quantitative estimate of drug-likeness (QED) is 0.905. The summed E-state index contributed by atoms with van der Waals surface area (Å²) in [5.41, 5.74) is 2.31. The molecule has 2 aliphatic carbocycles. The number of fused-ring (bicyclic) bond motifs is 3. The van der Waals surface area contributed by atoms with E-state index in [2.05, 4.69) is 18.2 Å². The zero-order chi connectivity index (χ0) is 13.5. The van der Waals surface area contributed by atoms with E-state index in [0.29, 0.717) is 0 Å².